The number of hydrazine groups is 1. The smallest absolute Gasteiger partial charge is 0.390 e. The Balaban J connectivity index is 0.000000893. The lowest BCUT2D eigenvalue weighted by Gasteiger charge is -2.47. The summed E-state index contributed by atoms with van der Waals surface area (Å²) < 4.78 is 41.6. The van der Waals surface area contributed by atoms with Gasteiger partial charge in [0.15, 0.2) is 0 Å². The Morgan fingerprint density at radius 1 is 1.10 bits per heavy atom. The predicted octanol–water partition coefficient (Wildman–Crippen LogP) is 8.59. The number of likely N-dealkylation sites (tertiary alicyclic amines) is 1. The third-order valence-electron chi connectivity index (χ3n) is 9.00. The number of carbonyl (C=O) groups excluding carboxylic acids is 1. The number of piperidine rings is 1. The number of aliphatic hydroxyl groups is 1. The fraction of sp³-hybridized carbons (Fsp3) is 0.600. The Bertz CT molecular complexity index is 1310. The number of amides is 1. The second-order valence-corrected chi connectivity index (χ2v) is 12.4. The Hall–Kier alpha value is -3.39. The Labute approximate surface area is 301 Å². The van der Waals surface area contributed by atoms with Gasteiger partial charge < -0.3 is 19.9 Å². The van der Waals surface area contributed by atoms with Gasteiger partial charge in [0.05, 0.1) is 31.6 Å². The second-order valence-electron chi connectivity index (χ2n) is 12.4. The lowest BCUT2D eigenvalue weighted by molar-refractivity contribution is -0.958. The van der Waals surface area contributed by atoms with Gasteiger partial charge in [-0.05, 0) is 66.7 Å². The zero-order valence-electron chi connectivity index (χ0n) is 32.3. The number of nitrogens with one attached hydrogen (secondary N) is 1. The molecule has 2 fully saturated rings. The first kappa shape index (κ1) is 46.6. The number of halogens is 3. The van der Waals surface area contributed by atoms with Crippen LogP contribution in [0.15, 0.2) is 47.5 Å². The Morgan fingerprint density at radius 2 is 1.70 bits per heavy atom. The number of benzene rings is 2. The van der Waals surface area contributed by atoms with Crippen molar-refractivity contribution in [3.05, 3.63) is 70.3 Å². The van der Waals surface area contributed by atoms with Crippen molar-refractivity contribution in [1.82, 2.24) is 10.3 Å². The SMILES string of the molecule is C#CC[N+]1(C(CO)c2cc3c(c(C(F)(F)F)c2)CN(C)C3=O)CCC[C@H](C)C1.CC.CC.CC.CC1CC(c2ccccc2)C1.CN=CNN. The molecular weight excluding hydrogens is 639 g/mol. The van der Waals surface area contributed by atoms with E-state index in [2.05, 4.69) is 60.5 Å². The molecule has 2 heterocycles. The highest BCUT2D eigenvalue weighted by Gasteiger charge is 2.44. The largest absolute Gasteiger partial charge is 0.416 e. The van der Waals surface area contributed by atoms with Crippen LogP contribution >= 0.6 is 0 Å². The standard InChI is InChI=1S/C21H26F3N2O2.C11H14.C2H7N3.3C2H6/c1-4-7-26(8-5-6-14(2)12-26)19(13-27)15-9-16-17(11-25(3)20(16)28)18(10-15)21(22,23)24;1-9-7-11(8-9)10-5-3-2-4-6-10;1-4-2-5-3;3*1-2/h1,9-10,14,19,27H,5-8,11-13H2,2-3H3;2-6,9,11H,7-8H2,1H3;2H,3H2,1H3,(H,4,5);3*1-2H3/q+1;;;;;/t14-,19?,26?;;;;;/m0...../s1. The third-order valence-corrected chi connectivity index (χ3v) is 9.00. The number of aliphatic hydroxyl groups excluding tert-OH is 1. The molecule has 0 radical (unpaired) electrons. The Kier molecular flexibility index (Phi) is 22.3. The molecule has 5 rings (SSSR count). The molecule has 1 saturated carbocycles. The van der Waals surface area contributed by atoms with Crippen molar-refractivity contribution in [2.24, 2.45) is 22.7 Å². The van der Waals surface area contributed by atoms with E-state index in [1.165, 1.54) is 42.8 Å². The van der Waals surface area contributed by atoms with Gasteiger partial charge in [-0.3, -0.25) is 9.79 Å². The highest BCUT2D eigenvalue weighted by molar-refractivity contribution is 5.98. The van der Waals surface area contributed by atoms with E-state index in [0.717, 1.165) is 30.7 Å². The molecule has 0 spiro atoms. The summed E-state index contributed by atoms with van der Waals surface area (Å²) in [6.07, 6.45) is 7.15. The minimum absolute atomic E-state index is 0.0101. The number of hydrogen-bond donors (Lipinski definition) is 3. The zero-order valence-corrected chi connectivity index (χ0v) is 32.3. The van der Waals surface area contributed by atoms with E-state index in [1.54, 1.807) is 7.05 Å². The molecule has 2 unspecified atom stereocenters. The molecule has 2 aromatic rings. The van der Waals surface area contributed by atoms with Crippen molar-refractivity contribution in [3.8, 4) is 12.3 Å². The van der Waals surface area contributed by atoms with Crippen molar-refractivity contribution in [2.45, 2.75) is 106 Å². The van der Waals surface area contributed by atoms with Gasteiger partial charge in [-0.1, -0.05) is 85.7 Å². The molecule has 3 aliphatic rings. The van der Waals surface area contributed by atoms with E-state index in [4.69, 9.17) is 12.3 Å². The van der Waals surface area contributed by atoms with Gasteiger partial charge in [-0.2, -0.15) is 13.2 Å². The van der Waals surface area contributed by atoms with Crippen LogP contribution in [-0.2, 0) is 12.7 Å². The van der Waals surface area contributed by atoms with Crippen LogP contribution in [0.25, 0.3) is 0 Å². The summed E-state index contributed by atoms with van der Waals surface area (Å²) in [4.78, 5) is 17.2. The van der Waals surface area contributed by atoms with Gasteiger partial charge >= 0.3 is 6.18 Å². The number of quaternary nitrogens is 1. The van der Waals surface area contributed by atoms with Crippen molar-refractivity contribution in [3.63, 3.8) is 0 Å². The van der Waals surface area contributed by atoms with Gasteiger partial charge in [0, 0.05) is 37.7 Å². The molecule has 1 aliphatic carbocycles. The van der Waals surface area contributed by atoms with Crippen molar-refractivity contribution in [1.29, 1.82) is 0 Å². The van der Waals surface area contributed by atoms with Gasteiger partial charge in [-0.15, -0.1) is 6.42 Å². The second kappa shape index (κ2) is 23.9. The van der Waals surface area contributed by atoms with Crippen LogP contribution in [-0.4, -0.2) is 67.1 Å². The summed E-state index contributed by atoms with van der Waals surface area (Å²) in [6.45, 7) is 17.8. The highest BCUT2D eigenvalue weighted by atomic mass is 19.4. The average molecular weight is 705 g/mol. The van der Waals surface area contributed by atoms with Crippen LogP contribution in [0.4, 0.5) is 13.2 Å². The normalized spacial score (nSPS) is 22.4. The topological polar surface area (TPSA) is 90.9 Å². The summed E-state index contributed by atoms with van der Waals surface area (Å²) in [6, 6.07) is 12.9. The molecule has 282 valence electrons. The van der Waals surface area contributed by atoms with Crippen LogP contribution in [0.1, 0.15) is 126 Å². The minimum atomic E-state index is -4.57. The number of alkyl halides is 3. The number of fused-ring (bicyclic) bond motifs is 1. The van der Waals surface area contributed by atoms with Crippen molar-refractivity contribution in [2.75, 3.05) is 40.3 Å². The first-order chi connectivity index (χ1) is 23.9. The number of hydrogen-bond acceptors (Lipinski definition) is 4. The summed E-state index contributed by atoms with van der Waals surface area (Å²) in [7, 11) is 3.13. The summed E-state index contributed by atoms with van der Waals surface area (Å²) >= 11 is 0. The van der Waals surface area contributed by atoms with Crippen LogP contribution in [0.5, 0.6) is 0 Å². The van der Waals surface area contributed by atoms with Crippen LogP contribution in [0.2, 0.25) is 0 Å². The van der Waals surface area contributed by atoms with E-state index in [-0.39, 0.29) is 24.3 Å². The fourth-order valence-electron chi connectivity index (χ4n) is 6.86. The maximum absolute atomic E-state index is 13.8. The Morgan fingerprint density at radius 3 is 2.14 bits per heavy atom. The lowest BCUT2D eigenvalue weighted by Crippen LogP contribution is -2.57. The van der Waals surface area contributed by atoms with Crippen LogP contribution in [0.3, 0.4) is 0 Å². The quantitative estimate of drug-likeness (QED) is 0.0702. The zero-order chi connectivity index (χ0) is 38.5. The molecule has 2 aliphatic heterocycles. The summed E-state index contributed by atoms with van der Waals surface area (Å²) in [5, 5.41) is 10.2. The summed E-state index contributed by atoms with van der Waals surface area (Å²) in [5.74, 6) is 9.16. The van der Waals surface area contributed by atoms with Gasteiger partial charge in [0.2, 0.25) is 0 Å². The molecular formula is C40H65F3N5O2+. The molecule has 0 bridgehead atoms. The van der Waals surface area contributed by atoms with Gasteiger partial charge in [0.25, 0.3) is 5.91 Å². The highest BCUT2D eigenvalue weighted by Crippen LogP contribution is 2.42. The number of terminal acetylenes is 1. The first-order valence-corrected chi connectivity index (χ1v) is 18.2. The molecule has 1 amide bonds. The molecule has 2 aromatic carbocycles. The van der Waals surface area contributed by atoms with E-state index in [0.29, 0.717) is 35.6 Å². The van der Waals surface area contributed by atoms with Crippen molar-refractivity contribution < 1.29 is 27.6 Å². The molecule has 3 atom stereocenters. The molecule has 50 heavy (non-hydrogen) atoms. The van der Waals surface area contributed by atoms with Gasteiger partial charge in [-0.25, -0.2) is 5.84 Å². The number of rotatable bonds is 6. The number of carbonyl (C=O) groups is 1. The van der Waals surface area contributed by atoms with Crippen LogP contribution < -0.4 is 11.3 Å². The maximum atomic E-state index is 13.8. The van der Waals surface area contributed by atoms with E-state index < -0.39 is 23.7 Å². The molecule has 1 saturated heterocycles. The number of nitrogens with two attached hydrogens (primary N) is 1. The minimum Gasteiger partial charge on any atom is -0.390 e. The molecule has 0 aromatic heterocycles. The predicted molar refractivity (Wildman–Crippen MR) is 203 cm³/mol. The number of nitrogens with zero attached hydrogens (tertiary/aromatic N) is 3. The van der Waals surface area contributed by atoms with Crippen LogP contribution in [0, 0.1) is 24.2 Å². The average Bonchev–Trinajstić information content (AvgIpc) is 3.39. The third kappa shape index (κ3) is 13.1. The van der Waals surface area contributed by atoms with Crippen molar-refractivity contribution >= 4 is 12.2 Å². The molecule has 10 heteroatoms. The first-order valence-electron chi connectivity index (χ1n) is 18.2. The lowest BCUT2D eigenvalue weighted by atomic mass is 9.72. The van der Waals surface area contributed by atoms with E-state index in [1.807, 2.05) is 41.5 Å². The van der Waals surface area contributed by atoms with E-state index >= 15 is 0 Å². The summed E-state index contributed by atoms with van der Waals surface area (Å²) in [5.41, 5.74) is 3.39. The monoisotopic (exact) mass is 705 g/mol. The van der Waals surface area contributed by atoms with E-state index in [9.17, 15) is 23.1 Å². The fourth-order valence-corrected chi connectivity index (χ4v) is 6.86. The number of aliphatic imine (C=N–C) groups is 1. The maximum Gasteiger partial charge on any atom is 0.416 e. The molecule has 7 nitrogen and oxygen atoms in total. The molecule has 4 N–H and O–H groups in total. The van der Waals surface area contributed by atoms with Gasteiger partial charge in [0.1, 0.15) is 12.6 Å².